The number of hydrogen-bond acceptors (Lipinski definition) is 5. The smallest absolute Gasteiger partial charge is 0.303 e. The Kier molecular flexibility index (Phi) is 8.49. The molecule has 0 bridgehead atoms. The average molecular weight is 451 g/mol. The third-order valence-corrected chi connectivity index (χ3v) is 6.20. The number of aliphatic hydroxyl groups excluding tert-OH is 1. The minimum Gasteiger partial charge on any atom is -0.489 e. The van der Waals surface area contributed by atoms with E-state index in [1.54, 1.807) is 12.1 Å². The van der Waals surface area contributed by atoms with Gasteiger partial charge in [0.1, 0.15) is 24.5 Å². The van der Waals surface area contributed by atoms with Gasteiger partial charge in [0, 0.05) is 18.5 Å². The first-order valence-corrected chi connectivity index (χ1v) is 11.6. The molecule has 3 rings (SSSR count). The third kappa shape index (κ3) is 7.59. The molecule has 2 aromatic carbocycles. The van der Waals surface area contributed by atoms with Crippen molar-refractivity contribution in [3.8, 4) is 11.8 Å². The summed E-state index contributed by atoms with van der Waals surface area (Å²) in [5.41, 5.74) is 4.09. The Morgan fingerprint density at radius 1 is 1.24 bits per heavy atom. The van der Waals surface area contributed by atoms with Crippen LogP contribution in [0.3, 0.4) is 0 Å². The lowest BCUT2D eigenvalue weighted by atomic mass is 9.88. The molecular formula is C27H34N2O4. The zero-order chi connectivity index (χ0) is 23.8. The number of carboxylic acid groups (broad SMARTS) is 1. The molecule has 0 amide bonds. The Balaban J connectivity index is 1.43. The number of carbonyl (C=O) groups is 1. The van der Waals surface area contributed by atoms with Gasteiger partial charge in [-0.05, 0) is 80.7 Å². The van der Waals surface area contributed by atoms with Crippen molar-refractivity contribution >= 4 is 5.97 Å². The Hall–Kier alpha value is -2.88. The number of nitriles is 1. The molecule has 0 spiro atoms. The van der Waals surface area contributed by atoms with Crippen LogP contribution in [-0.2, 0) is 24.1 Å². The molecule has 0 aliphatic heterocycles. The van der Waals surface area contributed by atoms with Gasteiger partial charge in [0.2, 0.25) is 0 Å². The first-order valence-electron chi connectivity index (χ1n) is 11.6. The van der Waals surface area contributed by atoms with Gasteiger partial charge in [-0.2, -0.15) is 5.26 Å². The Bertz CT molecular complexity index is 971. The highest BCUT2D eigenvalue weighted by Crippen LogP contribution is 2.31. The number of fused-ring (bicyclic) bond motifs is 1. The number of carboxylic acids is 1. The minimum absolute atomic E-state index is 0.0883. The fourth-order valence-electron chi connectivity index (χ4n) is 4.62. The van der Waals surface area contributed by atoms with Gasteiger partial charge in [0.25, 0.3) is 0 Å². The second-order valence-corrected chi connectivity index (χ2v) is 9.67. The molecule has 0 aromatic heterocycles. The summed E-state index contributed by atoms with van der Waals surface area (Å²) >= 11 is 0. The van der Waals surface area contributed by atoms with E-state index in [-0.39, 0.29) is 18.6 Å². The van der Waals surface area contributed by atoms with Crippen molar-refractivity contribution in [2.45, 2.75) is 64.0 Å². The van der Waals surface area contributed by atoms with Crippen LogP contribution < -0.4 is 10.1 Å². The van der Waals surface area contributed by atoms with E-state index >= 15 is 0 Å². The summed E-state index contributed by atoms with van der Waals surface area (Å²) in [6, 6.07) is 16.0. The first kappa shape index (κ1) is 24.8. The Morgan fingerprint density at radius 2 is 1.94 bits per heavy atom. The quantitative estimate of drug-likeness (QED) is 0.454. The first-order chi connectivity index (χ1) is 15.8. The Morgan fingerprint density at radius 3 is 2.58 bits per heavy atom. The average Bonchev–Trinajstić information content (AvgIpc) is 3.18. The van der Waals surface area contributed by atoms with Crippen molar-refractivity contribution < 1.29 is 19.7 Å². The van der Waals surface area contributed by atoms with E-state index in [2.05, 4.69) is 49.5 Å². The highest BCUT2D eigenvalue weighted by molar-refractivity contribution is 5.66. The predicted molar refractivity (Wildman–Crippen MR) is 127 cm³/mol. The molecule has 1 aliphatic carbocycles. The molecule has 0 saturated carbocycles. The van der Waals surface area contributed by atoms with Crippen molar-refractivity contribution in [2.24, 2.45) is 5.92 Å². The molecule has 0 unspecified atom stereocenters. The minimum atomic E-state index is -0.824. The molecule has 1 aliphatic rings. The van der Waals surface area contributed by atoms with Crippen molar-refractivity contribution in [3.05, 3.63) is 64.7 Å². The summed E-state index contributed by atoms with van der Waals surface area (Å²) in [5.74, 6) is 0.210. The summed E-state index contributed by atoms with van der Waals surface area (Å²) in [6.07, 6.45) is 3.75. The van der Waals surface area contributed by atoms with E-state index in [4.69, 9.17) is 9.84 Å². The van der Waals surface area contributed by atoms with Crippen LogP contribution in [0.25, 0.3) is 0 Å². The summed E-state index contributed by atoms with van der Waals surface area (Å²) in [7, 11) is 0. The summed E-state index contributed by atoms with van der Waals surface area (Å²) in [4.78, 5) is 10.7. The zero-order valence-corrected chi connectivity index (χ0v) is 19.5. The number of benzene rings is 2. The summed E-state index contributed by atoms with van der Waals surface area (Å²) in [6.45, 7) is 4.83. The third-order valence-electron chi connectivity index (χ3n) is 6.20. The number of β-amino-alcohol motifs (C(OH)–C–C–N with tert-alkyl or cyclic N) is 1. The van der Waals surface area contributed by atoms with Crippen LogP contribution in [0.2, 0.25) is 0 Å². The number of aliphatic hydroxyl groups is 1. The molecular weight excluding hydrogens is 416 g/mol. The fraction of sp³-hybridized carbons (Fsp3) is 0.481. The standard InChI is InChI=1S/C27H34N2O4/c1-27(2,15-20-13-21-7-3-4-8-22(21)14-20)29-17-24(30)18-33-25-11-10-19(12-23(25)16-28)6-5-9-26(31)32/h3-4,7-8,10-12,20,24,29-30H,5-6,9,13-15,17-18H2,1-2H3,(H,31,32)/t24-/m1/s1. The summed E-state index contributed by atoms with van der Waals surface area (Å²) < 4.78 is 5.72. The van der Waals surface area contributed by atoms with Crippen LogP contribution >= 0.6 is 0 Å². The molecule has 6 heteroatoms. The fourth-order valence-corrected chi connectivity index (χ4v) is 4.62. The molecule has 0 saturated heterocycles. The van der Waals surface area contributed by atoms with Crippen LogP contribution in [-0.4, -0.2) is 41.0 Å². The maximum atomic E-state index is 10.7. The van der Waals surface area contributed by atoms with Crippen molar-refractivity contribution in [3.63, 3.8) is 0 Å². The van der Waals surface area contributed by atoms with Crippen molar-refractivity contribution in [1.29, 1.82) is 5.26 Å². The van der Waals surface area contributed by atoms with Gasteiger partial charge in [-0.1, -0.05) is 30.3 Å². The van der Waals surface area contributed by atoms with E-state index in [0.717, 1.165) is 24.8 Å². The van der Waals surface area contributed by atoms with Crippen LogP contribution in [0, 0.1) is 17.2 Å². The number of ether oxygens (including phenoxy) is 1. The second-order valence-electron chi connectivity index (χ2n) is 9.67. The molecule has 3 N–H and O–H groups in total. The highest BCUT2D eigenvalue weighted by atomic mass is 16.5. The SMILES string of the molecule is CC(C)(CC1Cc2ccccc2C1)NC[C@@H](O)COc1ccc(CCCC(=O)O)cc1C#N. The molecule has 176 valence electrons. The van der Waals surface area contributed by atoms with Gasteiger partial charge in [0.05, 0.1) is 5.56 Å². The predicted octanol–water partition coefficient (Wildman–Crippen LogP) is 3.88. The monoisotopic (exact) mass is 450 g/mol. The maximum absolute atomic E-state index is 10.7. The number of hydrogen-bond donors (Lipinski definition) is 3. The lowest BCUT2D eigenvalue weighted by Crippen LogP contribution is -2.46. The number of nitrogens with one attached hydrogen (secondary N) is 1. The van der Waals surface area contributed by atoms with Gasteiger partial charge < -0.3 is 20.3 Å². The van der Waals surface area contributed by atoms with Gasteiger partial charge in [-0.25, -0.2) is 0 Å². The molecule has 6 nitrogen and oxygen atoms in total. The number of aryl methyl sites for hydroxylation is 1. The molecule has 1 atom stereocenters. The summed E-state index contributed by atoms with van der Waals surface area (Å²) in [5, 5.41) is 32.1. The van der Waals surface area contributed by atoms with Crippen LogP contribution in [0.5, 0.6) is 5.75 Å². The van der Waals surface area contributed by atoms with E-state index in [1.165, 1.54) is 11.1 Å². The van der Waals surface area contributed by atoms with E-state index in [1.807, 2.05) is 6.07 Å². The van der Waals surface area contributed by atoms with Crippen LogP contribution in [0.1, 0.15) is 55.4 Å². The topological polar surface area (TPSA) is 103 Å². The second kappa shape index (κ2) is 11.3. The zero-order valence-electron chi connectivity index (χ0n) is 19.5. The molecule has 2 aromatic rings. The van der Waals surface area contributed by atoms with Crippen LogP contribution in [0.4, 0.5) is 0 Å². The number of rotatable bonds is 12. The van der Waals surface area contributed by atoms with E-state index < -0.39 is 12.1 Å². The number of aliphatic carboxylic acids is 1. The van der Waals surface area contributed by atoms with E-state index in [0.29, 0.717) is 36.6 Å². The van der Waals surface area contributed by atoms with Crippen LogP contribution in [0.15, 0.2) is 42.5 Å². The number of nitrogens with zero attached hydrogens (tertiary/aromatic N) is 1. The molecule has 0 heterocycles. The van der Waals surface area contributed by atoms with Gasteiger partial charge in [-0.15, -0.1) is 0 Å². The van der Waals surface area contributed by atoms with Gasteiger partial charge in [0.15, 0.2) is 0 Å². The highest BCUT2D eigenvalue weighted by Gasteiger charge is 2.28. The van der Waals surface area contributed by atoms with Gasteiger partial charge in [-0.3, -0.25) is 4.79 Å². The largest absolute Gasteiger partial charge is 0.489 e. The maximum Gasteiger partial charge on any atom is 0.303 e. The van der Waals surface area contributed by atoms with E-state index in [9.17, 15) is 15.2 Å². The molecule has 0 fully saturated rings. The van der Waals surface area contributed by atoms with Crippen molar-refractivity contribution in [1.82, 2.24) is 5.32 Å². The van der Waals surface area contributed by atoms with Gasteiger partial charge >= 0.3 is 5.97 Å². The Labute approximate surface area is 196 Å². The normalized spacial score (nSPS) is 14.5. The van der Waals surface area contributed by atoms with Crippen molar-refractivity contribution in [2.75, 3.05) is 13.2 Å². The molecule has 33 heavy (non-hydrogen) atoms. The lowest BCUT2D eigenvalue weighted by molar-refractivity contribution is -0.137. The lowest BCUT2D eigenvalue weighted by Gasteiger charge is -2.30. The molecule has 0 radical (unpaired) electrons.